The van der Waals surface area contributed by atoms with Crippen molar-refractivity contribution in [3.63, 3.8) is 0 Å². The van der Waals surface area contributed by atoms with Gasteiger partial charge in [-0.2, -0.15) is 0 Å². The number of carbonyl (C=O) groups is 1. The van der Waals surface area contributed by atoms with Crippen LogP contribution in [0.1, 0.15) is 37.7 Å². The molecule has 1 rings (SSSR count). The topological polar surface area (TPSA) is 36.1 Å². The van der Waals surface area contributed by atoms with Gasteiger partial charge in [0.15, 0.2) is 0 Å². The molecule has 0 aliphatic carbocycles. The molecule has 0 radical (unpaired) electrons. The molecular weight excluding hydrogens is 268 g/mol. The summed E-state index contributed by atoms with van der Waals surface area (Å²) in [5.41, 5.74) is 0.650. The predicted molar refractivity (Wildman–Crippen MR) is 69.5 cm³/mol. The zero-order valence-electron chi connectivity index (χ0n) is 10.1. The van der Waals surface area contributed by atoms with Gasteiger partial charge in [-0.15, -0.1) is 0 Å². The lowest BCUT2D eigenvalue weighted by Gasteiger charge is -2.23. The van der Waals surface area contributed by atoms with Gasteiger partial charge in [0.05, 0.1) is 0 Å². The van der Waals surface area contributed by atoms with Crippen molar-refractivity contribution in [3.8, 4) is 0 Å². The molecule has 1 N–H and O–H groups in total. The average molecular weight is 287 g/mol. The number of nitrogens with zero attached hydrogens (tertiary/aromatic N) is 1. The summed E-state index contributed by atoms with van der Waals surface area (Å²) < 4.78 is 0.912. The maximum atomic E-state index is 12.1. The fourth-order valence-electron chi connectivity index (χ4n) is 1.52. The first-order valence-corrected chi connectivity index (χ1v) is 6.50. The second-order valence-electron chi connectivity index (χ2n) is 4.09. The molecule has 1 aromatic rings. The molecule has 1 heterocycles. The Morgan fingerprint density at radius 3 is 2.69 bits per heavy atom. The lowest BCUT2D eigenvalue weighted by molar-refractivity contribution is 0.0735. The van der Waals surface area contributed by atoms with Gasteiger partial charge in [-0.25, -0.2) is 0 Å². The highest BCUT2D eigenvalue weighted by Gasteiger charge is 2.17. The number of H-pyrrole nitrogens is 1. The van der Waals surface area contributed by atoms with E-state index >= 15 is 0 Å². The summed E-state index contributed by atoms with van der Waals surface area (Å²) in [5.74, 6) is 0.621. The molecule has 0 spiro atoms. The van der Waals surface area contributed by atoms with Crippen LogP contribution in [-0.2, 0) is 0 Å². The fourth-order valence-corrected chi connectivity index (χ4v) is 1.87. The van der Waals surface area contributed by atoms with E-state index in [4.69, 9.17) is 0 Å². The minimum Gasteiger partial charge on any atom is -0.356 e. The molecule has 1 aromatic heterocycles. The van der Waals surface area contributed by atoms with Crippen LogP contribution in [0, 0.1) is 5.92 Å². The van der Waals surface area contributed by atoms with Crippen LogP contribution >= 0.6 is 15.9 Å². The number of hydrogen-bond donors (Lipinski definition) is 1. The number of aromatic nitrogens is 1. The van der Waals surface area contributed by atoms with E-state index in [2.05, 4.69) is 34.8 Å². The molecule has 4 heteroatoms. The van der Waals surface area contributed by atoms with Crippen LogP contribution < -0.4 is 0 Å². The first-order valence-electron chi connectivity index (χ1n) is 5.71. The Labute approximate surface area is 105 Å². The standard InChI is InChI=1S/C12H19BrN2O/c1-4-9(3)8-15(5-2)12(16)11-6-10(13)7-14-11/h6-7,9,14H,4-5,8H2,1-3H3. The van der Waals surface area contributed by atoms with Gasteiger partial charge in [-0.3, -0.25) is 4.79 Å². The summed E-state index contributed by atoms with van der Waals surface area (Å²) in [5, 5.41) is 0. The smallest absolute Gasteiger partial charge is 0.270 e. The molecule has 1 amide bonds. The van der Waals surface area contributed by atoms with Crippen molar-refractivity contribution in [1.82, 2.24) is 9.88 Å². The Kier molecular flexibility index (Phi) is 5.06. The van der Waals surface area contributed by atoms with Crippen molar-refractivity contribution < 1.29 is 4.79 Å². The average Bonchev–Trinajstić information content (AvgIpc) is 2.71. The molecule has 90 valence electrons. The fraction of sp³-hybridized carbons (Fsp3) is 0.583. The van der Waals surface area contributed by atoms with Gasteiger partial charge in [0.25, 0.3) is 5.91 Å². The van der Waals surface area contributed by atoms with E-state index in [0.29, 0.717) is 11.6 Å². The number of rotatable bonds is 5. The minimum absolute atomic E-state index is 0.0773. The second kappa shape index (κ2) is 6.09. The number of nitrogens with one attached hydrogen (secondary N) is 1. The zero-order chi connectivity index (χ0) is 12.1. The SMILES string of the molecule is CCC(C)CN(CC)C(=O)c1cc(Br)c[nH]1. The van der Waals surface area contributed by atoms with Crippen LogP contribution in [0.15, 0.2) is 16.7 Å². The highest BCUT2D eigenvalue weighted by atomic mass is 79.9. The van der Waals surface area contributed by atoms with E-state index < -0.39 is 0 Å². The van der Waals surface area contributed by atoms with E-state index in [1.165, 1.54) is 0 Å². The largest absolute Gasteiger partial charge is 0.356 e. The number of aromatic amines is 1. The molecule has 0 saturated heterocycles. The molecular formula is C12H19BrN2O. The van der Waals surface area contributed by atoms with Crippen LogP contribution in [-0.4, -0.2) is 28.9 Å². The van der Waals surface area contributed by atoms with Crippen LogP contribution in [0.4, 0.5) is 0 Å². The van der Waals surface area contributed by atoms with Gasteiger partial charge in [0, 0.05) is 23.8 Å². The van der Waals surface area contributed by atoms with Crippen molar-refractivity contribution >= 4 is 21.8 Å². The Bertz CT molecular complexity index is 349. The summed E-state index contributed by atoms with van der Waals surface area (Å²) >= 11 is 3.33. The van der Waals surface area contributed by atoms with Gasteiger partial charge < -0.3 is 9.88 Å². The van der Waals surface area contributed by atoms with Crippen molar-refractivity contribution in [1.29, 1.82) is 0 Å². The number of carbonyl (C=O) groups excluding carboxylic acids is 1. The number of halogens is 1. The summed E-state index contributed by atoms with van der Waals surface area (Å²) in [7, 11) is 0. The van der Waals surface area contributed by atoms with Gasteiger partial charge >= 0.3 is 0 Å². The zero-order valence-corrected chi connectivity index (χ0v) is 11.7. The van der Waals surface area contributed by atoms with Gasteiger partial charge in [0.2, 0.25) is 0 Å². The second-order valence-corrected chi connectivity index (χ2v) is 5.00. The summed E-state index contributed by atoms with van der Waals surface area (Å²) in [6.45, 7) is 7.90. The third-order valence-electron chi connectivity index (χ3n) is 2.78. The molecule has 0 bridgehead atoms. The predicted octanol–water partition coefficient (Wildman–Crippen LogP) is 3.29. The van der Waals surface area contributed by atoms with Gasteiger partial charge in [-0.1, -0.05) is 20.3 Å². The molecule has 0 aliphatic heterocycles. The molecule has 0 aliphatic rings. The van der Waals surface area contributed by atoms with Crippen LogP contribution in [0.3, 0.4) is 0 Å². The van der Waals surface area contributed by atoms with Crippen LogP contribution in [0.25, 0.3) is 0 Å². The third kappa shape index (κ3) is 3.37. The van der Waals surface area contributed by atoms with E-state index in [1.54, 1.807) is 6.20 Å². The Balaban J connectivity index is 2.69. The Hall–Kier alpha value is -0.770. The van der Waals surface area contributed by atoms with E-state index in [1.807, 2.05) is 17.9 Å². The quantitative estimate of drug-likeness (QED) is 0.886. The molecule has 16 heavy (non-hydrogen) atoms. The lowest BCUT2D eigenvalue weighted by atomic mass is 10.1. The molecule has 1 unspecified atom stereocenters. The van der Waals surface area contributed by atoms with Crippen molar-refractivity contribution in [2.24, 2.45) is 5.92 Å². The maximum Gasteiger partial charge on any atom is 0.270 e. The third-order valence-corrected chi connectivity index (χ3v) is 3.23. The lowest BCUT2D eigenvalue weighted by Crippen LogP contribution is -2.34. The minimum atomic E-state index is 0.0773. The highest BCUT2D eigenvalue weighted by molar-refractivity contribution is 9.10. The molecule has 1 atom stereocenters. The number of hydrogen-bond acceptors (Lipinski definition) is 1. The van der Waals surface area contributed by atoms with E-state index in [-0.39, 0.29) is 5.91 Å². The van der Waals surface area contributed by atoms with Crippen molar-refractivity contribution in [3.05, 3.63) is 22.4 Å². The Morgan fingerprint density at radius 2 is 2.25 bits per heavy atom. The van der Waals surface area contributed by atoms with E-state index in [9.17, 15) is 4.79 Å². The molecule has 0 saturated carbocycles. The summed E-state index contributed by atoms with van der Waals surface area (Å²) in [4.78, 5) is 17.0. The van der Waals surface area contributed by atoms with Crippen molar-refractivity contribution in [2.75, 3.05) is 13.1 Å². The van der Waals surface area contributed by atoms with Gasteiger partial charge in [-0.05, 0) is 34.8 Å². The molecule has 0 aromatic carbocycles. The normalized spacial score (nSPS) is 12.5. The molecule has 3 nitrogen and oxygen atoms in total. The summed E-state index contributed by atoms with van der Waals surface area (Å²) in [6.07, 6.45) is 2.88. The van der Waals surface area contributed by atoms with Crippen molar-refractivity contribution in [2.45, 2.75) is 27.2 Å². The number of amides is 1. The maximum absolute atomic E-state index is 12.1. The molecule has 0 fully saturated rings. The van der Waals surface area contributed by atoms with Crippen LogP contribution in [0.2, 0.25) is 0 Å². The summed E-state index contributed by atoms with van der Waals surface area (Å²) in [6, 6.07) is 1.82. The van der Waals surface area contributed by atoms with Crippen LogP contribution in [0.5, 0.6) is 0 Å². The first kappa shape index (κ1) is 13.3. The Morgan fingerprint density at radius 1 is 1.56 bits per heavy atom. The van der Waals surface area contributed by atoms with E-state index in [0.717, 1.165) is 24.0 Å². The first-order chi connectivity index (χ1) is 7.58. The monoisotopic (exact) mass is 286 g/mol. The van der Waals surface area contributed by atoms with Gasteiger partial charge in [0.1, 0.15) is 5.69 Å². The highest BCUT2D eigenvalue weighted by Crippen LogP contribution is 2.14.